The fourth-order valence-electron chi connectivity index (χ4n) is 6.32. The summed E-state index contributed by atoms with van der Waals surface area (Å²) in [7, 11) is 0. The number of rotatable bonds is 7. The lowest BCUT2D eigenvalue weighted by atomic mass is 9.91. The van der Waals surface area contributed by atoms with E-state index in [2.05, 4.69) is 29.8 Å². The highest BCUT2D eigenvalue weighted by Crippen LogP contribution is 2.39. The Morgan fingerprint density at radius 3 is 2.29 bits per heavy atom. The number of anilines is 1. The first-order valence-corrected chi connectivity index (χ1v) is 17.4. The number of ether oxygens (including phenoxy) is 1. The molecule has 0 saturated heterocycles. The van der Waals surface area contributed by atoms with Gasteiger partial charge in [0.2, 0.25) is 0 Å². The van der Waals surface area contributed by atoms with E-state index >= 15 is 0 Å². The molecule has 9 heteroatoms. The third-order valence-electron chi connectivity index (χ3n) is 8.66. The van der Waals surface area contributed by atoms with E-state index in [4.69, 9.17) is 9.73 Å². The van der Waals surface area contributed by atoms with E-state index in [1.807, 2.05) is 103 Å². The second kappa shape index (κ2) is 13.0. The van der Waals surface area contributed by atoms with Crippen molar-refractivity contribution in [3.63, 3.8) is 0 Å². The average Bonchev–Trinajstić information content (AvgIpc) is 3.56. The van der Waals surface area contributed by atoms with Gasteiger partial charge in [0.15, 0.2) is 4.80 Å². The molecule has 1 aromatic heterocycles. The average molecular weight is 719 g/mol. The summed E-state index contributed by atoms with van der Waals surface area (Å²) in [5.41, 5.74) is 5.62. The highest BCUT2D eigenvalue weighted by atomic mass is 79.9. The van der Waals surface area contributed by atoms with E-state index < -0.39 is 12.0 Å². The van der Waals surface area contributed by atoms with Crippen molar-refractivity contribution < 1.29 is 14.3 Å². The Labute approximate surface area is 290 Å². The lowest BCUT2D eigenvalue weighted by molar-refractivity contribution is -0.138. The summed E-state index contributed by atoms with van der Waals surface area (Å²) in [6, 6.07) is 32.1. The predicted molar refractivity (Wildman–Crippen MR) is 192 cm³/mol. The first kappa shape index (κ1) is 31.7. The fraction of sp³-hybridized carbons (Fsp3) is 0.179. The molecule has 1 atom stereocenters. The Bertz CT molecular complexity index is 2270. The standard InChI is InChI=1S/C39H32BrN3O4S/c1-4-47-38(46)32-33(26-13-9-6-10-14-26)41-39-43(34(32)27-17-15-25(16-18-27)23(2)3)37(45)35(48-39)31-29-21-28(40)19-20-30(29)42(36(31)44)22-24-11-7-5-8-12-24/h5-21,23,34H,4,22H2,1-3H3/b35-31-/t34-/m1/s1. The SMILES string of the molecule is CCOC(=O)C1=C(c2ccccc2)N=c2s/c(=C3\C(=O)N(Cc4ccccc4)c4ccc(Br)cc43)c(=O)n2[C@@H]1c1ccc(C(C)C)cc1. The van der Waals surface area contributed by atoms with Crippen LogP contribution in [-0.4, -0.2) is 23.1 Å². The Balaban J connectivity index is 1.51. The van der Waals surface area contributed by atoms with Gasteiger partial charge < -0.3 is 9.64 Å². The first-order chi connectivity index (χ1) is 23.3. The maximum atomic E-state index is 14.8. The molecule has 0 bridgehead atoms. The third-order valence-corrected chi connectivity index (χ3v) is 10.2. The Morgan fingerprint density at radius 1 is 0.938 bits per heavy atom. The number of thiazole rings is 1. The fourth-order valence-corrected chi connectivity index (χ4v) is 7.77. The molecule has 2 aliphatic rings. The van der Waals surface area contributed by atoms with E-state index in [1.165, 1.54) is 11.3 Å². The number of halogens is 1. The zero-order valence-electron chi connectivity index (χ0n) is 26.6. The van der Waals surface area contributed by atoms with Crippen LogP contribution in [0, 0.1) is 0 Å². The van der Waals surface area contributed by atoms with Crippen LogP contribution in [0.3, 0.4) is 0 Å². The molecule has 1 amide bonds. The van der Waals surface area contributed by atoms with Crippen LogP contribution < -0.4 is 19.8 Å². The molecule has 0 aliphatic carbocycles. The lowest BCUT2D eigenvalue weighted by Gasteiger charge is -2.26. The minimum atomic E-state index is -0.829. The number of nitrogens with zero attached hydrogens (tertiary/aromatic N) is 3. The monoisotopic (exact) mass is 717 g/mol. The summed E-state index contributed by atoms with van der Waals surface area (Å²) in [5.74, 6) is -0.506. The molecule has 5 aromatic rings. The smallest absolute Gasteiger partial charge is 0.338 e. The van der Waals surface area contributed by atoms with E-state index in [0.29, 0.717) is 34.1 Å². The van der Waals surface area contributed by atoms with Crippen molar-refractivity contribution in [1.29, 1.82) is 0 Å². The number of carbonyl (C=O) groups is 2. The van der Waals surface area contributed by atoms with Gasteiger partial charge in [-0.1, -0.05) is 126 Å². The number of benzene rings is 4. The Morgan fingerprint density at radius 2 is 1.62 bits per heavy atom. The van der Waals surface area contributed by atoms with Gasteiger partial charge in [-0.3, -0.25) is 14.2 Å². The minimum absolute atomic E-state index is 0.162. The van der Waals surface area contributed by atoms with Gasteiger partial charge in [-0.2, -0.15) is 0 Å². The van der Waals surface area contributed by atoms with Gasteiger partial charge in [0.05, 0.1) is 41.7 Å². The van der Waals surface area contributed by atoms with E-state index in [0.717, 1.165) is 32.4 Å². The minimum Gasteiger partial charge on any atom is -0.463 e. The van der Waals surface area contributed by atoms with Crippen molar-refractivity contribution in [3.8, 4) is 0 Å². The van der Waals surface area contributed by atoms with Crippen LogP contribution >= 0.6 is 27.3 Å². The van der Waals surface area contributed by atoms with E-state index in [-0.39, 0.29) is 28.2 Å². The molecule has 0 unspecified atom stereocenters. The number of hydrogen-bond donors (Lipinski definition) is 0. The number of fused-ring (bicyclic) bond motifs is 2. The molecule has 7 nitrogen and oxygen atoms in total. The molecule has 2 aliphatic heterocycles. The van der Waals surface area contributed by atoms with Crippen LogP contribution in [0.15, 0.2) is 123 Å². The first-order valence-electron chi connectivity index (χ1n) is 15.8. The number of aromatic nitrogens is 1. The highest BCUT2D eigenvalue weighted by Gasteiger charge is 2.38. The lowest BCUT2D eigenvalue weighted by Crippen LogP contribution is -2.41. The van der Waals surface area contributed by atoms with Gasteiger partial charge in [0.25, 0.3) is 11.5 Å². The van der Waals surface area contributed by atoms with Crippen molar-refractivity contribution >= 4 is 56.1 Å². The number of amides is 1. The summed E-state index contributed by atoms with van der Waals surface area (Å²) in [6.45, 7) is 6.51. The second-order valence-corrected chi connectivity index (χ2v) is 13.9. The van der Waals surface area contributed by atoms with Gasteiger partial charge in [0.1, 0.15) is 4.53 Å². The van der Waals surface area contributed by atoms with E-state index in [9.17, 15) is 14.4 Å². The zero-order valence-corrected chi connectivity index (χ0v) is 29.0. The summed E-state index contributed by atoms with van der Waals surface area (Å²) in [4.78, 5) is 50.1. The number of hydrogen-bond acceptors (Lipinski definition) is 6. The molecule has 240 valence electrons. The van der Waals surface area contributed by atoms with E-state index in [1.54, 1.807) is 16.4 Å². The maximum absolute atomic E-state index is 14.8. The predicted octanol–water partition coefficient (Wildman–Crippen LogP) is 6.74. The van der Waals surface area contributed by atoms with Crippen molar-refractivity contribution in [2.75, 3.05) is 11.5 Å². The molecule has 7 rings (SSSR count). The van der Waals surface area contributed by atoms with Crippen LogP contribution in [0.1, 0.15) is 60.5 Å². The summed E-state index contributed by atoms with van der Waals surface area (Å²) < 4.78 is 8.24. The second-order valence-electron chi connectivity index (χ2n) is 12.0. The highest BCUT2D eigenvalue weighted by molar-refractivity contribution is 9.10. The molecule has 0 fully saturated rings. The van der Waals surface area contributed by atoms with Gasteiger partial charge in [-0.05, 0) is 47.7 Å². The van der Waals surface area contributed by atoms with Crippen molar-refractivity contribution in [3.05, 3.63) is 161 Å². The number of esters is 1. The summed E-state index contributed by atoms with van der Waals surface area (Å²) in [6.07, 6.45) is 0. The molecular formula is C39H32BrN3O4S. The molecule has 0 saturated carbocycles. The van der Waals surface area contributed by atoms with Crippen LogP contribution in [-0.2, 0) is 20.9 Å². The molecular weight excluding hydrogens is 686 g/mol. The summed E-state index contributed by atoms with van der Waals surface area (Å²) >= 11 is 4.75. The van der Waals surface area contributed by atoms with Gasteiger partial charge >= 0.3 is 5.97 Å². The third kappa shape index (κ3) is 5.56. The molecule has 4 aromatic carbocycles. The maximum Gasteiger partial charge on any atom is 0.338 e. The van der Waals surface area contributed by atoms with Crippen molar-refractivity contribution in [2.24, 2.45) is 4.99 Å². The van der Waals surface area contributed by atoms with Crippen LogP contribution in [0.4, 0.5) is 5.69 Å². The Hall–Kier alpha value is -4.86. The van der Waals surface area contributed by atoms with Crippen LogP contribution in [0.5, 0.6) is 0 Å². The number of carbonyl (C=O) groups excluding carboxylic acids is 2. The molecule has 0 N–H and O–H groups in total. The normalized spacial score (nSPS) is 16.6. The quantitative estimate of drug-likeness (QED) is 0.175. The van der Waals surface area contributed by atoms with Crippen molar-refractivity contribution in [2.45, 2.75) is 39.3 Å². The topological polar surface area (TPSA) is 81.0 Å². The van der Waals surface area contributed by atoms with Crippen LogP contribution in [0.25, 0.3) is 11.3 Å². The Kier molecular flexibility index (Phi) is 8.58. The molecule has 0 spiro atoms. The largest absolute Gasteiger partial charge is 0.463 e. The van der Waals surface area contributed by atoms with Gasteiger partial charge in [-0.15, -0.1) is 0 Å². The van der Waals surface area contributed by atoms with Gasteiger partial charge in [-0.25, -0.2) is 9.79 Å². The van der Waals surface area contributed by atoms with Crippen LogP contribution in [0.2, 0.25) is 0 Å². The molecule has 3 heterocycles. The molecule has 0 radical (unpaired) electrons. The zero-order chi connectivity index (χ0) is 33.5. The van der Waals surface area contributed by atoms with Crippen molar-refractivity contribution in [1.82, 2.24) is 4.57 Å². The molecule has 48 heavy (non-hydrogen) atoms. The van der Waals surface area contributed by atoms with Gasteiger partial charge in [0, 0.05) is 15.6 Å². The summed E-state index contributed by atoms with van der Waals surface area (Å²) in [5, 5.41) is 0.